The lowest BCUT2D eigenvalue weighted by Crippen LogP contribution is -2.32. The van der Waals surface area contributed by atoms with Crippen molar-refractivity contribution in [2.24, 2.45) is 14.1 Å². The van der Waals surface area contributed by atoms with Gasteiger partial charge in [0.15, 0.2) is 0 Å². The Kier molecular flexibility index (Phi) is 8.66. The summed E-state index contributed by atoms with van der Waals surface area (Å²) < 4.78 is 91.0. The molecule has 2 aromatic heterocycles. The third-order valence-corrected chi connectivity index (χ3v) is 6.37. The molecule has 0 bridgehead atoms. The van der Waals surface area contributed by atoms with Crippen LogP contribution in [0.4, 0.5) is 26.3 Å². The van der Waals surface area contributed by atoms with Crippen LogP contribution >= 0.6 is 11.6 Å². The van der Waals surface area contributed by atoms with Crippen molar-refractivity contribution in [3.8, 4) is 17.4 Å². The molecule has 0 aliphatic carbocycles. The van der Waals surface area contributed by atoms with E-state index >= 15 is 0 Å². The Morgan fingerprint density at radius 3 is 2.21 bits per heavy atom. The molecule has 42 heavy (non-hydrogen) atoms. The molecule has 0 saturated carbocycles. The molecule has 0 amide bonds. The summed E-state index contributed by atoms with van der Waals surface area (Å²) in [7, 11) is 2.94. The molecule has 0 radical (unpaired) electrons. The Hall–Kier alpha value is -4.33. The van der Waals surface area contributed by atoms with Gasteiger partial charge in [-0.2, -0.15) is 36.4 Å². The van der Waals surface area contributed by atoms with Crippen LogP contribution in [0.15, 0.2) is 59.7 Å². The lowest BCUT2D eigenvalue weighted by molar-refractivity contribution is -0.190. The van der Waals surface area contributed by atoms with E-state index in [2.05, 4.69) is 14.8 Å². The molecule has 0 atom stereocenters. The molecule has 8 nitrogen and oxygen atoms in total. The highest BCUT2D eigenvalue weighted by Crippen LogP contribution is 2.37. The zero-order valence-electron chi connectivity index (χ0n) is 21.9. The minimum atomic E-state index is -5.30. The number of carbonyl (C=O) groups excluding carboxylic acids is 1. The molecule has 0 aliphatic heterocycles. The maximum atomic E-state index is 13.1. The topological polar surface area (TPSA) is 88.2 Å². The number of hydrogen-bond donors (Lipinski definition) is 0. The minimum Gasteiger partial charge on any atom is -0.457 e. The van der Waals surface area contributed by atoms with Crippen LogP contribution in [0.3, 0.4) is 0 Å². The van der Waals surface area contributed by atoms with Gasteiger partial charge in [0.2, 0.25) is 5.88 Å². The summed E-state index contributed by atoms with van der Waals surface area (Å²) in [5.41, 5.74) is -0.963. The van der Waals surface area contributed by atoms with E-state index in [4.69, 9.17) is 16.3 Å². The Morgan fingerprint density at radius 2 is 1.62 bits per heavy atom. The van der Waals surface area contributed by atoms with E-state index in [-0.39, 0.29) is 42.1 Å². The highest BCUT2D eigenvalue weighted by Gasteiger charge is 2.42. The molecule has 0 fully saturated rings. The zero-order valence-corrected chi connectivity index (χ0v) is 22.6. The average Bonchev–Trinajstić information content (AvgIpc) is 3.32. The standard InChI is InChI=1S/C27H21ClF6N4O4/c1-37-14-16(13-35-37)11-19-23(39)36-22(38(2)24(19)42-25(40)27(32,33)34)10-5-15-3-6-17(7-4-15)41-18-8-9-21(28)20(12-18)26(29,30)31/h3-4,6-9,12-14H,5,10-11H2,1-2H3. The molecular formula is C27H21ClF6N4O4. The van der Waals surface area contributed by atoms with E-state index in [9.17, 15) is 35.9 Å². The summed E-state index contributed by atoms with van der Waals surface area (Å²) in [6, 6.07) is 9.41. The number of nitrogens with zero attached hydrogens (tertiary/aromatic N) is 4. The van der Waals surface area contributed by atoms with E-state index in [1.165, 1.54) is 36.1 Å². The Balaban J connectivity index is 1.53. The monoisotopic (exact) mass is 614 g/mol. The highest BCUT2D eigenvalue weighted by atomic mass is 35.5. The number of alkyl halides is 6. The van der Waals surface area contributed by atoms with Crippen molar-refractivity contribution in [2.75, 3.05) is 0 Å². The van der Waals surface area contributed by atoms with Crippen molar-refractivity contribution in [3.05, 3.63) is 98.3 Å². The third-order valence-electron chi connectivity index (χ3n) is 6.04. The maximum absolute atomic E-state index is 13.1. The molecular weight excluding hydrogens is 594 g/mol. The average molecular weight is 615 g/mol. The van der Waals surface area contributed by atoms with Gasteiger partial charge in [0.25, 0.3) is 5.56 Å². The molecule has 2 heterocycles. The smallest absolute Gasteiger partial charge is 0.457 e. The van der Waals surface area contributed by atoms with E-state index < -0.39 is 40.3 Å². The van der Waals surface area contributed by atoms with Gasteiger partial charge in [0.1, 0.15) is 17.3 Å². The van der Waals surface area contributed by atoms with Gasteiger partial charge >= 0.3 is 18.3 Å². The van der Waals surface area contributed by atoms with Crippen LogP contribution in [-0.2, 0) is 44.3 Å². The second-order valence-corrected chi connectivity index (χ2v) is 9.55. The number of ether oxygens (including phenoxy) is 2. The van der Waals surface area contributed by atoms with E-state index in [1.54, 1.807) is 25.4 Å². The SMILES string of the molecule is Cn1cc(Cc2c(OC(=O)C(F)(F)F)n(C)c(CCc3ccc(Oc4ccc(Cl)c(C(F)(F)F)c4)cc3)nc2=O)cn1. The number of aryl methyl sites for hydroxylation is 3. The number of esters is 1. The molecule has 0 aliphatic rings. The van der Waals surface area contributed by atoms with Crippen LogP contribution < -0.4 is 15.0 Å². The van der Waals surface area contributed by atoms with E-state index in [0.29, 0.717) is 11.1 Å². The maximum Gasteiger partial charge on any atom is 0.491 e. The van der Waals surface area contributed by atoms with Crippen LogP contribution in [0.5, 0.6) is 17.4 Å². The third kappa shape index (κ3) is 7.29. The lowest BCUT2D eigenvalue weighted by atomic mass is 10.1. The van der Waals surface area contributed by atoms with Crippen LogP contribution in [0.25, 0.3) is 0 Å². The van der Waals surface area contributed by atoms with E-state index in [0.717, 1.165) is 16.7 Å². The van der Waals surface area contributed by atoms with Crippen molar-refractivity contribution in [2.45, 2.75) is 31.6 Å². The molecule has 0 unspecified atom stereocenters. The van der Waals surface area contributed by atoms with Gasteiger partial charge in [0, 0.05) is 33.1 Å². The summed E-state index contributed by atoms with van der Waals surface area (Å²) in [5.74, 6) is -2.85. The van der Waals surface area contributed by atoms with Crippen molar-refractivity contribution in [3.63, 3.8) is 0 Å². The van der Waals surface area contributed by atoms with Gasteiger partial charge in [-0.3, -0.25) is 9.48 Å². The van der Waals surface area contributed by atoms with Gasteiger partial charge in [-0.25, -0.2) is 4.79 Å². The molecule has 4 aromatic rings. The molecule has 15 heteroatoms. The number of benzene rings is 2. The molecule has 222 valence electrons. The molecule has 0 N–H and O–H groups in total. The fourth-order valence-electron chi connectivity index (χ4n) is 3.99. The quantitative estimate of drug-likeness (QED) is 0.184. The Morgan fingerprint density at radius 1 is 0.952 bits per heavy atom. The first-order chi connectivity index (χ1) is 19.6. The summed E-state index contributed by atoms with van der Waals surface area (Å²) in [4.78, 5) is 28.6. The van der Waals surface area contributed by atoms with E-state index in [1.807, 2.05) is 0 Å². The van der Waals surface area contributed by atoms with Gasteiger partial charge in [-0.15, -0.1) is 0 Å². The largest absolute Gasteiger partial charge is 0.491 e. The van der Waals surface area contributed by atoms with Gasteiger partial charge < -0.3 is 14.0 Å². The molecule has 2 aromatic carbocycles. The van der Waals surface area contributed by atoms with Crippen molar-refractivity contribution in [1.82, 2.24) is 19.3 Å². The zero-order chi connectivity index (χ0) is 30.8. The first-order valence-electron chi connectivity index (χ1n) is 12.1. The van der Waals surface area contributed by atoms with Crippen LogP contribution in [0.1, 0.15) is 28.1 Å². The first kappa shape index (κ1) is 30.6. The molecule has 0 spiro atoms. The fraction of sp³-hybridized carbons (Fsp3) is 0.259. The van der Waals surface area contributed by atoms with Crippen LogP contribution in [0, 0.1) is 0 Å². The summed E-state index contributed by atoms with van der Waals surface area (Å²) in [5, 5.41) is 3.50. The fourth-order valence-corrected chi connectivity index (χ4v) is 4.21. The number of halogens is 7. The Bertz CT molecular complexity index is 1660. The van der Waals surface area contributed by atoms with Crippen molar-refractivity contribution < 1.29 is 40.6 Å². The lowest BCUT2D eigenvalue weighted by Gasteiger charge is -2.17. The van der Waals surface area contributed by atoms with Crippen molar-refractivity contribution in [1.29, 1.82) is 0 Å². The minimum absolute atomic E-state index is 0.0566. The highest BCUT2D eigenvalue weighted by molar-refractivity contribution is 6.31. The second-order valence-electron chi connectivity index (χ2n) is 9.15. The number of hydrogen-bond acceptors (Lipinski definition) is 6. The predicted octanol–water partition coefficient (Wildman–Crippen LogP) is 5.82. The first-order valence-corrected chi connectivity index (χ1v) is 12.5. The van der Waals surface area contributed by atoms with Gasteiger partial charge in [-0.1, -0.05) is 23.7 Å². The summed E-state index contributed by atoms with van der Waals surface area (Å²) in [6.45, 7) is 0. The number of carbonyl (C=O) groups is 1. The number of aromatic nitrogens is 4. The molecule has 4 rings (SSSR count). The molecule has 0 saturated heterocycles. The summed E-state index contributed by atoms with van der Waals surface area (Å²) >= 11 is 5.63. The van der Waals surface area contributed by atoms with Crippen LogP contribution in [0.2, 0.25) is 5.02 Å². The van der Waals surface area contributed by atoms with Gasteiger partial charge in [0.05, 0.1) is 22.3 Å². The van der Waals surface area contributed by atoms with Crippen LogP contribution in [-0.4, -0.2) is 31.5 Å². The normalized spacial score (nSPS) is 11.9. The van der Waals surface area contributed by atoms with Gasteiger partial charge in [-0.05, 0) is 47.9 Å². The Labute approximate surface area is 239 Å². The summed E-state index contributed by atoms with van der Waals surface area (Å²) in [6.07, 6.45) is -6.83. The number of rotatable bonds is 8. The predicted molar refractivity (Wildman–Crippen MR) is 138 cm³/mol. The second kappa shape index (κ2) is 11.9. The van der Waals surface area contributed by atoms with Crippen molar-refractivity contribution >= 4 is 17.6 Å².